The number of fused-ring (bicyclic) bond motifs is 1. The maximum atomic E-state index is 13.0. The van der Waals surface area contributed by atoms with Crippen molar-refractivity contribution in [3.05, 3.63) is 29.8 Å². The van der Waals surface area contributed by atoms with Gasteiger partial charge in [0.25, 0.3) is 0 Å². The Labute approximate surface area is 143 Å². The minimum absolute atomic E-state index is 0.0747. The number of nitrogens with zero attached hydrogens (tertiary/aromatic N) is 2. The number of rotatable bonds is 4. The lowest BCUT2D eigenvalue weighted by Gasteiger charge is -2.20. The Bertz CT molecular complexity index is 677. The van der Waals surface area contributed by atoms with Crippen LogP contribution in [-0.4, -0.2) is 54.2 Å². The van der Waals surface area contributed by atoms with Crippen molar-refractivity contribution < 1.29 is 27.9 Å². The SMILES string of the molecule is O=C(O)[C@@H]1CN(CCC(=O)N2CCc3ccccc32)C[C@H]1C(F)(F)F. The van der Waals surface area contributed by atoms with Gasteiger partial charge in [0.15, 0.2) is 0 Å². The number of alkyl halides is 3. The standard InChI is InChI=1S/C17H19F3N2O3/c18-17(19,20)13-10-21(9-12(13)16(24)25)7-6-15(23)22-8-5-11-3-1-2-4-14(11)22/h1-4,12-13H,5-10H2,(H,24,25)/t12-,13-/m1/s1. The Morgan fingerprint density at radius 3 is 2.56 bits per heavy atom. The smallest absolute Gasteiger partial charge is 0.393 e. The lowest BCUT2D eigenvalue weighted by atomic mass is 9.96. The predicted molar refractivity (Wildman–Crippen MR) is 84.2 cm³/mol. The molecule has 0 aliphatic carbocycles. The molecule has 1 saturated heterocycles. The number of aliphatic carboxylic acids is 1. The number of hydrogen-bond acceptors (Lipinski definition) is 3. The van der Waals surface area contributed by atoms with Crippen LogP contribution in [0.1, 0.15) is 12.0 Å². The molecule has 1 aromatic carbocycles. The van der Waals surface area contributed by atoms with Gasteiger partial charge >= 0.3 is 12.1 Å². The number of carboxylic acids is 1. The number of amides is 1. The Kier molecular flexibility index (Phi) is 4.73. The van der Waals surface area contributed by atoms with Crippen LogP contribution >= 0.6 is 0 Å². The van der Waals surface area contributed by atoms with E-state index in [9.17, 15) is 22.8 Å². The van der Waals surface area contributed by atoms with Crippen LogP contribution in [0.15, 0.2) is 24.3 Å². The van der Waals surface area contributed by atoms with Crippen LogP contribution in [-0.2, 0) is 16.0 Å². The number of carboxylic acid groups (broad SMARTS) is 1. The molecule has 1 aromatic rings. The molecule has 0 spiro atoms. The van der Waals surface area contributed by atoms with E-state index in [0.717, 1.165) is 17.7 Å². The molecule has 2 atom stereocenters. The van der Waals surface area contributed by atoms with Crippen molar-refractivity contribution in [1.82, 2.24) is 4.90 Å². The van der Waals surface area contributed by atoms with E-state index in [-0.39, 0.29) is 32.0 Å². The first-order valence-corrected chi connectivity index (χ1v) is 8.17. The highest BCUT2D eigenvalue weighted by Gasteiger charge is 2.52. The van der Waals surface area contributed by atoms with Crippen molar-refractivity contribution in [2.45, 2.75) is 19.0 Å². The molecule has 2 aliphatic heterocycles. The number of anilines is 1. The summed E-state index contributed by atoms with van der Waals surface area (Å²) < 4.78 is 39.0. The van der Waals surface area contributed by atoms with Gasteiger partial charge in [-0.25, -0.2) is 0 Å². The first kappa shape index (κ1) is 17.7. The normalized spacial score (nSPS) is 23.7. The molecule has 2 aliphatic rings. The van der Waals surface area contributed by atoms with E-state index in [2.05, 4.69) is 0 Å². The summed E-state index contributed by atoms with van der Waals surface area (Å²) in [6.07, 6.45) is -3.70. The van der Waals surface area contributed by atoms with Crippen molar-refractivity contribution in [3.8, 4) is 0 Å². The van der Waals surface area contributed by atoms with Crippen LogP contribution in [0.5, 0.6) is 0 Å². The third-order valence-electron chi connectivity index (χ3n) is 4.96. The summed E-state index contributed by atoms with van der Waals surface area (Å²) >= 11 is 0. The van der Waals surface area contributed by atoms with Gasteiger partial charge in [0, 0.05) is 38.3 Å². The molecule has 2 heterocycles. The molecule has 8 heteroatoms. The number of hydrogen-bond donors (Lipinski definition) is 1. The summed E-state index contributed by atoms with van der Waals surface area (Å²) in [6, 6.07) is 7.56. The van der Waals surface area contributed by atoms with Crippen LogP contribution < -0.4 is 4.90 Å². The topological polar surface area (TPSA) is 60.9 Å². The van der Waals surface area contributed by atoms with Crippen molar-refractivity contribution in [2.24, 2.45) is 11.8 Å². The number of benzene rings is 1. The van der Waals surface area contributed by atoms with Crippen molar-refractivity contribution in [2.75, 3.05) is 31.1 Å². The Balaban J connectivity index is 1.59. The van der Waals surface area contributed by atoms with Gasteiger partial charge in [0.05, 0.1) is 11.8 Å². The molecule has 1 N–H and O–H groups in total. The molecule has 0 aromatic heterocycles. The Morgan fingerprint density at radius 2 is 1.92 bits per heavy atom. The summed E-state index contributed by atoms with van der Waals surface area (Å²) in [5, 5.41) is 9.02. The van der Waals surface area contributed by atoms with E-state index >= 15 is 0 Å². The van der Waals surface area contributed by atoms with E-state index in [4.69, 9.17) is 5.11 Å². The molecule has 0 saturated carbocycles. The first-order chi connectivity index (χ1) is 11.8. The molecule has 3 rings (SSSR count). The number of carbonyl (C=O) groups excluding carboxylic acids is 1. The van der Waals surface area contributed by atoms with E-state index < -0.39 is 24.0 Å². The number of likely N-dealkylation sites (tertiary alicyclic amines) is 1. The molecule has 0 radical (unpaired) electrons. The predicted octanol–water partition coefficient (Wildman–Crippen LogP) is 2.16. The summed E-state index contributed by atoms with van der Waals surface area (Å²) in [5.41, 5.74) is 1.94. The fraction of sp³-hybridized carbons (Fsp3) is 0.529. The van der Waals surface area contributed by atoms with Crippen LogP contribution in [0.25, 0.3) is 0 Å². The van der Waals surface area contributed by atoms with Crippen LogP contribution in [0.3, 0.4) is 0 Å². The van der Waals surface area contributed by atoms with Crippen molar-refractivity contribution in [1.29, 1.82) is 0 Å². The van der Waals surface area contributed by atoms with Gasteiger partial charge < -0.3 is 14.9 Å². The fourth-order valence-electron chi connectivity index (χ4n) is 3.64. The molecule has 1 amide bonds. The van der Waals surface area contributed by atoms with Gasteiger partial charge in [0.2, 0.25) is 5.91 Å². The van der Waals surface area contributed by atoms with Crippen molar-refractivity contribution >= 4 is 17.6 Å². The highest BCUT2D eigenvalue weighted by molar-refractivity contribution is 5.95. The summed E-state index contributed by atoms with van der Waals surface area (Å²) in [6.45, 7) is 0.155. The highest BCUT2D eigenvalue weighted by Crippen LogP contribution is 2.37. The third kappa shape index (κ3) is 3.63. The van der Waals surface area contributed by atoms with Gasteiger partial charge in [-0.05, 0) is 18.1 Å². The van der Waals surface area contributed by atoms with Gasteiger partial charge in [-0.3, -0.25) is 9.59 Å². The largest absolute Gasteiger partial charge is 0.481 e. The van der Waals surface area contributed by atoms with E-state index in [1.807, 2.05) is 24.3 Å². The average Bonchev–Trinajstić information content (AvgIpc) is 3.16. The molecule has 136 valence electrons. The molecule has 5 nitrogen and oxygen atoms in total. The zero-order valence-electron chi connectivity index (χ0n) is 13.5. The fourth-order valence-corrected chi connectivity index (χ4v) is 3.64. The van der Waals surface area contributed by atoms with Gasteiger partial charge in [-0.15, -0.1) is 0 Å². The van der Waals surface area contributed by atoms with Gasteiger partial charge in [-0.2, -0.15) is 13.2 Å². The van der Waals surface area contributed by atoms with Gasteiger partial charge in [0.1, 0.15) is 0 Å². The second-order valence-corrected chi connectivity index (χ2v) is 6.53. The summed E-state index contributed by atoms with van der Waals surface area (Å²) in [5.74, 6) is -4.94. The van der Waals surface area contributed by atoms with Crippen LogP contribution in [0.4, 0.5) is 18.9 Å². The monoisotopic (exact) mass is 356 g/mol. The second-order valence-electron chi connectivity index (χ2n) is 6.53. The van der Waals surface area contributed by atoms with Gasteiger partial charge in [-0.1, -0.05) is 18.2 Å². The zero-order valence-corrected chi connectivity index (χ0v) is 13.5. The first-order valence-electron chi connectivity index (χ1n) is 8.17. The molecule has 1 fully saturated rings. The lowest BCUT2D eigenvalue weighted by Crippen LogP contribution is -2.34. The maximum Gasteiger partial charge on any atom is 0.393 e. The lowest BCUT2D eigenvalue weighted by molar-refractivity contribution is -0.188. The second kappa shape index (κ2) is 6.67. The number of halogens is 3. The summed E-state index contributed by atoms with van der Waals surface area (Å²) in [7, 11) is 0. The Morgan fingerprint density at radius 1 is 1.20 bits per heavy atom. The van der Waals surface area contributed by atoms with E-state index in [0.29, 0.717) is 6.54 Å². The summed E-state index contributed by atoms with van der Waals surface area (Å²) in [4.78, 5) is 26.6. The quantitative estimate of drug-likeness (QED) is 0.898. The molecular weight excluding hydrogens is 337 g/mol. The Hall–Kier alpha value is -2.09. The van der Waals surface area contributed by atoms with Crippen LogP contribution in [0.2, 0.25) is 0 Å². The zero-order chi connectivity index (χ0) is 18.2. The number of carbonyl (C=O) groups is 2. The average molecular weight is 356 g/mol. The van der Waals surface area contributed by atoms with E-state index in [1.54, 1.807) is 4.90 Å². The molecule has 0 unspecified atom stereocenters. The maximum absolute atomic E-state index is 13.0. The molecule has 0 bridgehead atoms. The minimum atomic E-state index is -4.55. The third-order valence-corrected chi connectivity index (χ3v) is 4.96. The number of para-hydroxylation sites is 1. The highest BCUT2D eigenvalue weighted by atomic mass is 19.4. The van der Waals surface area contributed by atoms with Crippen LogP contribution in [0, 0.1) is 11.8 Å². The minimum Gasteiger partial charge on any atom is -0.481 e. The molecule has 25 heavy (non-hydrogen) atoms. The van der Waals surface area contributed by atoms with Crippen molar-refractivity contribution in [3.63, 3.8) is 0 Å². The van der Waals surface area contributed by atoms with E-state index in [1.165, 1.54) is 4.90 Å². The molecular formula is C17H19F3N2O3.